The predicted octanol–water partition coefficient (Wildman–Crippen LogP) is 5.27. The Morgan fingerprint density at radius 1 is 0.971 bits per heavy atom. The lowest BCUT2D eigenvalue weighted by Crippen LogP contribution is -2.48. The van der Waals surface area contributed by atoms with Crippen LogP contribution in [0.1, 0.15) is 28.7 Å². The molecule has 1 amide bonds. The molecular formula is C26H20F5N3O. The van der Waals surface area contributed by atoms with Gasteiger partial charge in [-0.25, -0.2) is 8.78 Å². The van der Waals surface area contributed by atoms with Gasteiger partial charge in [-0.3, -0.25) is 9.78 Å². The van der Waals surface area contributed by atoms with Gasteiger partial charge in [0.15, 0.2) is 0 Å². The van der Waals surface area contributed by atoms with Gasteiger partial charge in [0.25, 0.3) is 0 Å². The topological polar surface area (TPSA) is 45.2 Å². The highest BCUT2D eigenvalue weighted by Crippen LogP contribution is 2.48. The molecule has 35 heavy (non-hydrogen) atoms. The Morgan fingerprint density at radius 2 is 1.69 bits per heavy atom. The summed E-state index contributed by atoms with van der Waals surface area (Å²) < 4.78 is 67.7. The average Bonchev–Trinajstić information content (AvgIpc) is 3.16. The summed E-state index contributed by atoms with van der Waals surface area (Å²) in [5.41, 5.74) is 1.67. The van der Waals surface area contributed by atoms with Crippen LogP contribution in [0.3, 0.4) is 0 Å². The molecule has 2 aromatic carbocycles. The van der Waals surface area contributed by atoms with Crippen molar-refractivity contribution in [1.29, 1.82) is 0 Å². The van der Waals surface area contributed by atoms with Crippen molar-refractivity contribution in [1.82, 2.24) is 15.2 Å². The second-order valence-electron chi connectivity index (χ2n) is 8.56. The Kier molecular flexibility index (Phi) is 5.78. The van der Waals surface area contributed by atoms with Crippen LogP contribution in [0.2, 0.25) is 0 Å². The first-order chi connectivity index (χ1) is 16.7. The summed E-state index contributed by atoms with van der Waals surface area (Å²) in [6, 6.07) is 11.4. The van der Waals surface area contributed by atoms with Crippen LogP contribution in [0.5, 0.6) is 0 Å². The molecule has 3 aromatic rings. The molecule has 5 rings (SSSR count). The highest BCUT2D eigenvalue weighted by atomic mass is 19.4. The highest BCUT2D eigenvalue weighted by molar-refractivity contribution is 6.04. The number of nitrogens with one attached hydrogen (secondary N) is 1. The molecule has 2 atom stereocenters. The van der Waals surface area contributed by atoms with Gasteiger partial charge in [-0.2, -0.15) is 13.2 Å². The number of piperidine rings is 1. The maximum Gasteiger partial charge on any atom is 0.416 e. The number of pyridine rings is 1. The van der Waals surface area contributed by atoms with E-state index in [0.717, 1.165) is 12.1 Å². The number of benzene rings is 2. The molecule has 2 aliphatic heterocycles. The first kappa shape index (κ1) is 23.0. The van der Waals surface area contributed by atoms with Gasteiger partial charge in [-0.1, -0.05) is 18.2 Å². The number of aromatic nitrogens is 1. The molecule has 1 fully saturated rings. The van der Waals surface area contributed by atoms with E-state index in [0.29, 0.717) is 41.4 Å². The van der Waals surface area contributed by atoms with E-state index < -0.39 is 29.3 Å². The van der Waals surface area contributed by atoms with E-state index >= 15 is 0 Å². The number of alkyl halides is 3. The highest BCUT2D eigenvalue weighted by Gasteiger charge is 2.47. The minimum atomic E-state index is -4.66. The minimum absolute atomic E-state index is 0.0409. The number of amides is 1. The van der Waals surface area contributed by atoms with Crippen LogP contribution in [0.15, 0.2) is 67.0 Å². The molecule has 1 N–H and O–H groups in total. The molecule has 1 saturated heterocycles. The third-order valence-electron chi connectivity index (χ3n) is 6.49. The second-order valence-corrected chi connectivity index (χ2v) is 8.56. The number of halogens is 5. The first-order valence-electron chi connectivity index (χ1n) is 11.0. The van der Waals surface area contributed by atoms with E-state index in [1.54, 1.807) is 36.7 Å². The van der Waals surface area contributed by atoms with Crippen LogP contribution in [-0.2, 0) is 17.5 Å². The van der Waals surface area contributed by atoms with E-state index in [1.165, 1.54) is 12.1 Å². The number of carbonyl (C=O) groups excluding carboxylic acids is 1. The number of hydrogen-bond donors (Lipinski definition) is 1. The fraction of sp³-hybridized carbons (Fsp3) is 0.231. The lowest BCUT2D eigenvalue weighted by Gasteiger charge is -2.35. The van der Waals surface area contributed by atoms with Gasteiger partial charge in [0.1, 0.15) is 11.6 Å². The summed E-state index contributed by atoms with van der Waals surface area (Å²) >= 11 is 0. The quantitative estimate of drug-likeness (QED) is 0.513. The largest absolute Gasteiger partial charge is 0.416 e. The predicted molar refractivity (Wildman–Crippen MR) is 119 cm³/mol. The maximum atomic E-state index is 14.9. The summed E-state index contributed by atoms with van der Waals surface area (Å²) in [6.07, 6.45) is -0.928. The van der Waals surface area contributed by atoms with Gasteiger partial charge in [0.2, 0.25) is 5.91 Å². The minimum Gasteiger partial charge on any atom is -0.362 e. The Morgan fingerprint density at radius 3 is 2.34 bits per heavy atom. The average molecular weight is 485 g/mol. The summed E-state index contributed by atoms with van der Waals surface area (Å²) in [5.74, 6) is -2.22. The van der Waals surface area contributed by atoms with E-state index in [9.17, 15) is 26.7 Å². The fourth-order valence-corrected chi connectivity index (χ4v) is 4.93. The lowest BCUT2D eigenvalue weighted by atomic mass is 9.84. The standard InChI is InChI=1S/C26H20F5N3O/c27-19-5-2-15(3-6-19)22-23-21(9-12-33-25(23)35)34(24(22)16-7-10-32-11-8-16)14-17-1-4-18(13-20(17)28)26(29,30)31/h1-8,10-11,13,21,23H,9,12,14H2,(H,33,35). The van der Waals surface area contributed by atoms with Crippen molar-refractivity contribution in [3.8, 4) is 0 Å². The van der Waals surface area contributed by atoms with Crippen LogP contribution in [0.4, 0.5) is 22.0 Å². The molecule has 180 valence electrons. The van der Waals surface area contributed by atoms with Crippen molar-refractivity contribution in [2.45, 2.75) is 25.2 Å². The number of rotatable bonds is 4. The van der Waals surface area contributed by atoms with Crippen LogP contribution in [0.25, 0.3) is 11.3 Å². The Hall–Kier alpha value is -3.75. The van der Waals surface area contributed by atoms with Crippen molar-refractivity contribution in [3.63, 3.8) is 0 Å². The molecule has 9 heteroatoms. The third-order valence-corrected chi connectivity index (χ3v) is 6.49. The van der Waals surface area contributed by atoms with E-state index in [2.05, 4.69) is 10.3 Å². The van der Waals surface area contributed by atoms with Gasteiger partial charge in [-0.05, 0) is 54.0 Å². The Labute approximate surface area is 198 Å². The van der Waals surface area contributed by atoms with Crippen LogP contribution in [0, 0.1) is 17.6 Å². The number of nitrogens with zero attached hydrogens (tertiary/aromatic N) is 2. The lowest BCUT2D eigenvalue weighted by molar-refractivity contribution is -0.137. The van der Waals surface area contributed by atoms with Gasteiger partial charge in [0.05, 0.1) is 11.5 Å². The maximum absolute atomic E-state index is 14.9. The smallest absolute Gasteiger partial charge is 0.362 e. The summed E-state index contributed by atoms with van der Waals surface area (Å²) in [5, 5.41) is 2.87. The Bertz CT molecular complexity index is 1290. The number of hydrogen-bond acceptors (Lipinski definition) is 3. The molecule has 0 spiro atoms. The molecule has 4 nitrogen and oxygen atoms in total. The zero-order chi connectivity index (χ0) is 24.7. The monoisotopic (exact) mass is 485 g/mol. The van der Waals surface area contributed by atoms with Crippen molar-refractivity contribution in [3.05, 3.63) is 101 Å². The van der Waals surface area contributed by atoms with Gasteiger partial charge >= 0.3 is 6.18 Å². The molecule has 2 unspecified atom stereocenters. The van der Waals surface area contributed by atoms with Gasteiger partial charge in [0, 0.05) is 48.3 Å². The molecule has 0 radical (unpaired) electrons. The fourth-order valence-electron chi connectivity index (χ4n) is 4.93. The van der Waals surface area contributed by atoms with E-state index in [4.69, 9.17) is 0 Å². The van der Waals surface area contributed by atoms with Crippen LogP contribution < -0.4 is 5.32 Å². The van der Waals surface area contributed by atoms with Crippen molar-refractivity contribution < 1.29 is 26.7 Å². The number of fused-ring (bicyclic) bond motifs is 1. The van der Waals surface area contributed by atoms with Crippen molar-refractivity contribution in [2.24, 2.45) is 5.92 Å². The van der Waals surface area contributed by atoms with Crippen LogP contribution >= 0.6 is 0 Å². The molecule has 0 aliphatic carbocycles. The van der Waals surface area contributed by atoms with Crippen molar-refractivity contribution >= 4 is 17.2 Å². The molecule has 3 heterocycles. The molecule has 2 aliphatic rings. The van der Waals surface area contributed by atoms with Crippen molar-refractivity contribution in [2.75, 3.05) is 6.54 Å². The normalized spacial score (nSPS) is 20.1. The zero-order valence-corrected chi connectivity index (χ0v) is 18.3. The second kappa shape index (κ2) is 8.79. The molecule has 1 aromatic heterocycles. The SMILES string of the molecule is O=C1NCCC2C1C(c1ccc(F)cc1)=C(c1ccncc1)N2Cc1ccc(C(F)(F)F)cc1F. The summed E-state index contributed by atoms with van der Waals surface area (Å²) in [4.78, 5) is 19.0. The molecule has 0 saturated carbocycles. The van der Waals surface area contributed by atoms with Gasteiger partial charge < -0.3 is 10.2 Å². The van der Waals surface area contributed by atoms with Crippen LogP contribution in [-0.4, -0.2) is 28.4 Å². The third kappa shape index (κ3) is 4.26. The number of carbonyl (C=O) groups is 1. The Balaban J connectivity index is 1.66. The molecule has 0 bridgehead atoms. The van der Waals surface area contributed by atoms with E-state index in [1.807, 2.05) is 4.90 Å². The molecular weight excluding hydrogens is 465 g/mol. The zero-order valence-electron chi connectivity index (χ0n) is 18.3. The first-order valence-corrected chi connectivity index (χ1v) is 11.0. The van der Waals surface area contributed by atoms with E-state index in [-0.39, 0.29) is 24.1 Å². The summed E-state index contributed by atoms with van der Waals surface area (Å²) in [6.45, 7) is 0.368. The summed E-state index contributed by atoms with van der Waals surface area (Å²) in [7, 11) is 0. The van der Waals surface area contributed by atoms with Gasteiger partial charge in [-0.15, -0.1) is 0 Å².